The van der Waals surface area contributed by atoms with Gasteiger partial charge in [0.2, 0.25) is 0 Å². The van der Waals surface area contributed by atoms with Gasteiger partial charge in [-0.25, -0.2) is 4.79 Å². The number of aromatic amines is 1. The monoisotopic (exact) mass is 384 g/mol. The number of carbonyl (C=O) groups excluding carboxylic acids is 1. The van der Waals surface area contributed by atoms with Crippen LogP contribution in [0.25, 0.3) is 0 Å². The average molecular weight is 385 g/mol. The fraction of sp³-hybridized carbons (Fsp3) is 0.188. The van der Waals surface area contributed by atoms with Crippen LogP contribution in [0, 0.1) is 0 Å². The lowest BCUT2D eigenvalue weighted by Crippen LogP contribution is -2.21. The van der Waals surface area contributed by atoms with E-state index in [9.17, 15) is 14.4 Å². The van der Waals surface area contributed by atoms with E-state index < -0.39 is 11.9 Å². The van der Waals surface area contributed by atoms with E-state index in [4.69, 9.17) is 33.0 Å². The molecule has 0 aliphatic carbocycles. The first kappa shape index (κ1) is 18.8. The highest BCUT2D eigenvalue weighted by atomic mass is 35.5. The number of hydrogen-bond donors (Lipinski definition) is 3. The highest BCUT2D eigenvalue weighted by Gasteiger charge is 2.16. The van der Waals surface area contributed by atoms with Crippen molar-refractivity contribution in [1.29, 1.82) is 0 Å². The zero-order valence-corrected chi connectivity index (χ0v) is 14.7. The molecular weight excluding hydrogens is 371 g/mol. The Morgan fingerprint density at radius 1 is 1.20 bits per heavy atom. The fourth-order valence-electron chi connectivity index (χ4n) is 2.00. The van der Waals surface area contributed by atoms with Crippen LogP contribution in [0.3, 0.4) is 0 Å². The van der Waals surface area contributed by atoms with Crippen molar-refractivity contribution in [1.82, 2.24) is 4.98 Å². The molecular formula is C16H14Cl2N2O5. The maximum absolute atomic E-state index is 11.8. The largest absolute Gasteiger partial charge is 0.474 e. The van der Waals surface area contributed by atoms with Crippen molar-refractivity contribution < 1.29 is 19.4 Å². The number of H-pyrrole nitrogens is 1. The van der Waals surface area contributed by atoms with E-state index in [1.165, 1.54) is 18.3 Å². The number of pyridine rings is 1. The van der Waals surface area contributed by atoms with Crippen molar-refractivity contribution in [2.75, 3.05) is 5.32 Å². The molecule has 0 fully saturated rings. The summed E-state index contributed by atoms with van der Waals surface area (Å²) in [5, 5.41) is 10.8. The number of aromatic nitrogens is 1. The average Bonchev–Trinajstić information content (AvgIpc) is 2.52. The van der Waals surface area contributed by atoms with E-state index in [-0.39, 0.29) is 33.0 Å². The number of carboxylic acid groups (broad SMARTS) is 1. The topological polar surface area (TPSA) is 108 Å². The number of halogens is 2. The number of carbonyl (C=O) groups is 2. The fourth-order valence-corrected chi connectivity index (χ4v) is 2.56. The Labute approximate surface area is 152 Å². The van der Waals surface area contributed by atoms with Crippen LogP contribution in [0.15, 0.2) is 29.2 Å². The van der Waals surface area contributed by atoms with Gasteiger partial charge in [0.1, 0.15) is 5.75 Å². The maximum Gasteiger partial charge on any atom is 0.394 e. The summed E-state index contributed by atoms with van der Waals surface area (Å²) in [5.41, 5.74) is 0.431. The predicted molar refractivity (Wildman–Crippen MR) is 94.0 cm³/mol. The Balaban J connectivity index is 2.32. The first-order valence-electron chi connectivity index (χ1n) is 7.12. The molecule has 0 aliphatic heterocycles. The Hall–Kier alpha value is -2.51. The van der Waals surface area contributed by atoms with Crippen LogP contribution in [-0.2, 0) is 9.59 Å². The summed E-state index contributed by atoms with van der Waals surface area (Å²) in [6.07, 6.45) is 1.38. The quantitative estimate of drug-likeness (QED) is 0.697. The summed E-state index contributed by atoms with van der Waals surface area (Å²) < 4.78 is 5.63. The number of anilines is 1. The molecule has 1 amide bonds. The summed E-state index contributed by atoms with van der Waals surface area (Å²) >= 11 is 12.2. The molecule has 1 aromatic heterocycles. The molecule has 132 valence electrons. The lowest BCUT2D eigenvalue weighted by Gasteiger charge is -2.13. The Morgan fingerprint density at radius 2 is 1.80 bits per heavy atom. The summed E-state index contributed by atoms with van der Waals surface area (Å²) in [5.74, 6) is -2.43. The Kier molecular flexibility index (Phi) is 5.71. The molecule has 2 aromatic rings. The second-order valence-electron chi connectivity index (χ2n) is 5.40. The van der Waals surface area contributed by atoms with Crippen LogP contribution in [0.4, 0.5) is 5.69 Å². The molecule has 25 heavy (non-hydrogen) atoms. The van der Waals surface area contributed by atoms with Gasteiger partial charge in [0.05, 0.1) is 10.0 Å². The van der Waals surface area contributed by atoms with E-state index in [1.54, 1.807) is 6.07 Å². The SMILES string of the molecule is CC(C)c1cc(Oc2c(Cl)cc(NC(=O)C(=O)O)cc2Cl)c[nH]c1=O. The predicted octanol–water partition coefficient (Wildman–Crippen LogP) is 3.62. The first-order chi connectivity index (χ1) is 11.7. The number of nitrogens with one attached hydrogen (secondary N) is 2. The molecule has 0 unspecified atom stereocenters. The third-order valence-electron chi connectivity index (χ3n) is 3.20. The molecule has 0 saturated carbocycles. The smallest absolute Gasteiger partial charge is 0.394 e. The molecule has 0 saturated heterocycles. The molecule has 0 atom stereocenters. The Morgan fingerprint density at radius 3 is 2.32 bits per heavy atom. The summed E-state index contributed by atoms with van der Waals surface area (Å²) in [6.45, 7) is 3.74. The Bertz CT molecular complexity index is 869. The number of rotatable bonds is 4. The molecule has 0 bridgehead atoms. The van der Waals surface area contributed by atoms with Gasteiger partial charge in [0, 0.05) is 17.4 Å². The van der Waals surface area contributed by atoms with E-state index in [0.29, 0.717) is 11.3 Å². The number of amides is 1. The zero-order chi connectivity index (χ0) is 18.7. The van der Waals surface area contributed by atoms with Crippen molar-refractivity contribution in [3.05, 3.63) is 50.4 Å². The van der Waals surface area contributed by atoms with Gasteiger partial charge >= 0.3 is 11.9 Å². The normalized spacial score (nSPS) is 10.6. The number of aliphatic carboxylic acids is 1. The van der Waals surface area contributed by atoms with Gasteiger partial charge in [-0.15, -0.1) is 0 Å². The second-order valence-corrected chi connectivity index (χ2v) is 6.22. The van der Waals surface area contributed by atoms with E-state index in [0.717, 1.165) is 0 Å². The van der Waals surface area contributed by atoms with Gasteiger partial charge < -0.3 is 20.1 Å². The molecule has 3 N–H and O–H groups in total. The third-order valence-corrected chi connectivity index (χ3v) is 3.76. The van der Waals surface area contributed by atoms with E-state index >= 15 is 0 Å². The van der Waals surface area contributed by atoms with Crippen molar-refractivity contribution in [2.45, 2.75) is 19.8 Å². The van der Waals surface area contributed by atoms with Crippen molar-refractivity contribution in [3.63, 3.8) is 0 Å². The second kappa shape index (κ2) is 7.58. The van der Waals surface area contributed by atoms with Gasteiger partial charge in [-0.1, -0.05) is 37.0 Å². The van der Waals surface area contributed by atoms with E-state index in [2.05, 4.69) is 10.3 Å². The van der Waals surface area contributed by atoms with E-state index in [1.807, 2.05) is 13.8 Å². The van der Waals surface area contributed by atoms with Crippen LogP contribution in [0.5, 0.6) is 11.5 Å². The van der Waals surface area contributed by atoms with Crippen LogP contribution in [-0.4, -0.2) is 22.0 Å². The van der Waals surface area contributed by atoms with Gasteiger partial charge in [-0.3, -0.25) is 9.59 Å². The third kappa shape index (κ3) is 4.52. The van der Waals surface area contributed by atoms with Crippen molar-refractivity contribution in [3.8, 4) is 11.5 Å². The minimum atomic E-state index is -1.64. The first-order valence-corrected chi connectivity index (χ1v) is 7.88. The molecule has 7 nitrogen and oxygen atoms in total. The zero-order valence-electron chi connectivity index (χ0n) is 13.2. The lowest BCUT2D eigenvalue weighted by molar-refractivity contribution is -0.147. The molecule has 0 spiro atoms. The summed E-state index contributed by atoms with van der Waals surface area (Å²) in [6, 6.07) is 4.19. The van der Waals surface area contributed by atoms with Gasteiger partial charge in [-0.05, 0) is 24.1 Å². The van der Waals surface area contributed by atoms with Crippen LogP contribution < -0.4 is 15.6 Å². The highest BCUT2D eigenvalue weighted by Crippen LogP contribution is 2.38. The molecule has 0 aliphatic rings. The van der Waals surface area contributed by atoms with Crippen molar-refractivity contribution in [2.24, 2.45) is 0 Å². The standard InChI is InChI=1S/C16H14Cl2N2O5/c1-7(2)10-5-9(6-19-14(10)21)25-13-11(17)3-8(4-12(13)18)20-15(22)16(23)24/h3-7H,1-2H3,(H,19,21)(H,20,22)(H,23,24). The van der Waals surface area contributed by atoms with Gasteiger partial charge in [0.25, 0.3) is 5.56 Å². The summed E-state index contributed by atoms with van der Waals surface area (Å²) in [4.78, 5) is 36.1. The summed E-state index contributed by atoms with van der Waals surface area (Å²) in [7, 11) is 0. The molecule has 2 rings (SSSR count). The molecule has 1 aromatic carbocycles. The highest BCUT2D eigenvalue weighted by molar-refractivity contribution is 6.39. The van der Waals surface area contributed by atoms with Gasteiger partial charge in [-0.2, -0.15) is 0 Å². The van der Waals surface area contributed by atoms with Crippen LogP contribution in [0.2, 0.25) is 10.0 Å². The molecule has 1 heterocycles. The molecule has 9 heteroatoms. The minimum Gasteiger partial charge on any atom is -0.474 e. The number of hydrogen-bond acceptors (Lipinski definition) is 4. The minimum absolute atomic E-state index is 0.00755. The lowest BCUT2D eigenvalue weighted by atomic mass is 10.1. The molecule has 0 radical (unpaired) electrons. The number of benzene rings is 1. The maximum atomic E-state index is 11.8. The van der Waals surface area contributed by atoms with Gasteiger partial charge in [0.15, 0.2) is 5.75 Å². The van der Waals surface area contributed by atoms with Crippen LogP contribution in [0.1, 0.15) is 25.3 Å². The number of carboxylic acids is 1. The van der Waals surface area contributed by atoms with Crippen molar-refractivity contribution >= 4 is 40.8 Å². The van der Waals surface area contributed by atoms with Crippen LogP contribution >= 0.6 is 23.2 Å². The number of ether oxygens (including phenoxy) is 1.